The van der Waals surface area contributed by atoms with Crippen molar-refractivity contribution in [3.8, 4) is 51.6 Å². The molecule has 158 valence electrons. The summed E-state index contributed by atoms with van der Waals surface area (Å²) in [5, 5.41) is 28.0. The summed E-state index contributed by atoms with van der Waals surface area (Å²) in [5.74, 6) is -1.76. The van der Waals surface area contributed by atoms with Crippen LogP contribution in [0.15, 0.2) is 72.8 Å². The van der Waals surface area contributed by atoms with Gasteiger partial charge in [0.2, 0.25) is 5.69 Å². The van der Waals surface area contributed by atoms with E-state index in [-0.39, 0.29) is 22.4 Å². The van der Waals surface area contributed by atoms with Gasteiger partial charge in [0.1, 0.15) is 24.0 Å². The molecule has 0 bridgehead atoms. The SMILES string of the molecule is [C-]#[N+]c1cc(-c2cc(-c3ccccc3)cc(-c3cc(C#N)c(F)c(C#N)c3)c2)cc(C#N)c1F. The summed E-state index contributed by atoms with van der Waals surface area (Å²) in [6, 6.07) is 25.6. The Kier molecular flexibility index (Phi) is 5.84. The molecule has 0 fully saturated rings. The summed E-state index contributed by atoms with van der Waals surface area (Å²) in [5.41, 5.74) is 2.64. The summed E-state index contributed by atoms with van der Waals surface area (Å²) in [6.07, 6.45) is 0. The highest BCUT2D eigenvalue weighted by molar-refractivity contribution is 5.83. The van der Waals surface area contributed by atoms with Crippen LogP contribution in [0.3, 0.4) is 0 Å². The Hall–Kier alpha value is -5.30. The summed E-state index contributed by atoms with van der Waals surface area (Å²) in [6.45, 7) is 7.26. The predicted molar refractivity (Wildman–Crippen MR) is 123 cm³/mol. The maximum absolute atomic E-state index is 14.3. The van der Waals surface area contributed by atoms with Crippen LogP contribution in [0.2, 0.25) is 0 Å². The predicted octanol–water partition coefficient (Wildman–Crippen LogP) is 7.13. The van der Waals surface area contributed by atoms with Crippen molar-refractivity contribution in [2.45, 2.75) is 0 Å². The average Bonchev–Trinajstić information content (AvgIpc) is 2.89. The molecule has 0 aromatic heterocycles. The van der Waals surface area contributed by atoms with Gasteiger partial charge in [0.25, 0.3) is 0 Å². The summed E-state index contributed by atoms with van der Waals surface area (Å²) in [7, 11) is 0. The van der Waals surface area contributed by atoms with E-state index < -0.39 is 11.6 Å². The Labute approximate surface area is 194 Å². The van der Waals surface area contributed by atoms with Crippen molar-refractivity contribution in [1.29, 1.82) is 15.8 Å². The second kappa shape index (κ2) is 9.05. The third-order valence-electron chi connectivity index (χ3n) is 5.31. The average molecular weight is 442 g/mol. The third-order valence-corrected chi connectivity index (χ3v) is 5.31. The molecule has 0 atom stereocenters. The Morgan fingerprint density at radius 2 is 0.971 bits per heavy atom. The normalized spacial score (nSPS) is 9.94. The smallest absolute Gasteiger partial charge is 0.224 e. The standard InChI is InChI=1S/C28H12F2N4/c1-34-26-13-22(12-25(16-33)28(26)30)20-8-18(17-5-3-2-4-6-17)7-19(9-20)21-10-23(14-31)27(29)24(11-21)15-32/h2-13H. The first-order chi connectivity index (χ1) is 16.5. The van der Waals surface area contributed by atoms with Crippen molar-refractivity contribution in [2.75, 3.05) is 0 Å². The molecule has 0 N–H and O–H groups in total. The highest BCUT2D eigenvalue weighted by Crippen LogP contribution is 2.36. The van der Waals surface area contributed by atoms with E-state index in [4.69, 9.17) is 6.57 Å². The fourth-order valence-corrected chi connectivity index (χ4v) is 3.65. The lowest BCUT2D eigenvalue weighted by atomic mass is 9.91. The first kappa shape index (κ1) is 21.9. The van der Waals surface area contributed by atoms with Crippen LogP contribution in [0, 0.1) is 52.2 Å². The van der Waals surface area contributed by atoms with Crippen molar-refractivity contribution in [2.24, 2.45) is 0 Å². The zero-order chi connectivity index (χ0) is 24.2. The maximum Gasteiger partial charge on any atom is 0.224 e. The minimum Gasteiger partial charge on any atom is -0.235 e. The molecule has 4 nitrogen and oxygen atoms in total. The lowest BCUT2D eigenvalue weighted by Gasteiger charge is -2.13. The number of nitrogens with zero attached hydrogens (tertiary/aromatic N) is 4. The fraction of sp³-hybridized carbons (Fsp3) is 0. The van der Waals surface area contributed by atoms with Crippen LogP contribution >= 0.6 is 0 Å². The summed E-state index contributed by atoms with van der Waals surface area (Å²) < 4.78 is 28.7. The molecular weight excluding hydrogens is 430 g/mol. The third kappa shape index (κ3) is 3.96. The zero-order valence-corrected chi connectivity index (χ0v) is 17.5. The molecule has 0 saturated heterocycles. The Bertz CT molecular complexity index is 1440. The van der Waals surface area contributed by atoms with E-state index in [1.807, 2.05) is 42.5 Å². The summed E-state index contributed by atoms with van der Waals surface area (Å²) >= 11 is 0. The van der Waals surface area contributed by atoms with Crippen LogP contribution in [0.4, 0.5) is 14.5 Å². The van der Waals surface area contributed by atoms with Crippen LogP contribution in [-0.4, -0.2) is 0 Å². The van der Waals surface area contributed by atoms with Gasteiger partial charge in [-0.3, -0.25) is 0 Å². The molecule has 4 rings (SSSR count). The number of halogens is 2. The lowest BCUT2D eigenvalue weighted by Crippen LogP contribution is -1.93. The fourth-order valence-electron chi connectivity index (χ4n) is 3.65. The van der Waals surface area contributed by atoms with Crippen molar-refractivity contribution in [3.05, 3.63) is 113 Å². The van der Waals surface area contributed by atoms with Crippen LogP contribution in [-0.2, 0) is 0 Å². The van der Waals surface area contributed by atoms with E-state index in [1.165, 1.54) is 24.3 Å². The minimum absolute atomic E-state index is 0.254. The first-order valence-electron chi connectivity index (χ1n) is 9.95. The lowest BCUT2D eigenvalue weighted by molar-refractivity contribution is 0.620. The van der Waals surface area contributed by atoms with Crippen molar-refractivity contribution in [3.63, 3.8) is 0 Å². The highest BCUT2D eigenvalue weighted by atomic mass is 19.1. The molecule has 0 saturated carbocycles. The molecule has 0 amide bonds. The van der Waals surface area contributed by atoms with Gasteiger partial charge >= 0.3 is 0 Å². The van der Waals surface area contributed by atoms with E-state index in [2.05, 4.69) is 4.85 Å². The number of hydrogen-bond acceptors (Lipinski definition) is 3. The van der Waals surface area contributed by atoms with E-state index in [0.29, 0.717) is 22.3 Å². The largest absolute Gasteiger partial charge is 0.235 e. The molecule has 0 spiro atoms. The van der Waals surface area contributed by atoms with Crippen molar-refractivity contribution >= 4 is 5.69 Å². The van der Waals surface area contributed by atoms with Crippen LogP contribution in [0.5, 0.6) is 0 Å². The Balaban J connectivity index is 2.03. The van der Waals surface area contributed by atoms with Gasteiger partial charge in [-0.1, -0.05) is 30.3 Å². The van der Waals surface area contributed by atoms with E-state index in [9.17, 15) is 24.6 Å². The zero-order valence-electron chi connectivity index (χ0n) is 17.5. The quantitative estimate of drug-likeness (QED) is 0.317. The minimum atomic E-state index is -0.882. The monoisotopic (exact) mass is 442 g/mol. The highest BCUT2D eigenvalue weighted by Gasteiger charge is 2.16. The number of hydrogen-bond donors (Lipinski definition) is 0. The molecule has 0 radical (unpaired) electrons. The number of nitriles is 3. The van der Waals surface area contributed by atoms with E-state index >= 15 is 0 Å². The Morgan fingerprint density at radius 3 is 1.44 bits per heavy atom. The van der Waals surface area contributed by atoms with E-state index in [1.54, 1.807) is 24.3 Å². The first-order valence-corrected chi connectivity index (χ1v) is 9.95. The second-order valence-electron chi connectivity index (χ2n) is 7.35. The van der Waals surface area contributed by atoms with Gasteiger partial charge in [-0.15, -0.1) is 0 Å². The molecule has 4 aromatic carbocycles. The van der Waals surface area contributed by atoms with Crippen molar-refractivity contribution < 1.29 is 8.78 Å². The summed E-state index contributed by atoms with van der Waals surface area (Å²) in [4.78, 5) is 3.19. The van der Waals surface area contributed by atoms with Crippen molar-refractivity contribution in [1.82, 2.24) is 0 Å². The van der Waals surface area contributed by atoms with Gasteiger partial charge in [-0.2, -0.15) is 15.8 Å². The van der Waals surface area contributed by atoms with Crippen LogP contribution in [0.1, 0.15) is 16.7 Å². The number of benzene rings is 4. The molecule has 0 heterocycles. The van der Waals surface area contributed by atoms with Gasteiger partial charge in [0.15, 0.2) is 5.82 Å². The molecule has 0 unspecified atom stereocenters. The van der Waals surface area contributed by atoms with Gasteiger partial charge in [0.05, 0.1) is 23.3 Å². The number of rotatable bonds is 3. The molecule has 4 aromatic rings. The molecule has 0 aliphatic rings. The molecule has 6 heteroatoms. The van der Waals surface area contributed by atoms with Crippen LogP contribution in [0.25, 0.3) is 38.2 Å². The van der Waals surface area contributed by atoms with Gasteiger partial charge < -0.3 is 0 Å². The van der Waals surface area contributed by atoms with Crippen LogP contribution < -0.4 is 0 Å². The molecule has 0 aliphatic heterocycles. The Morgan fingerprint density at radius 1 is 0.559 bits per heavy atom. The second-order valence-corrected chi connectivity index (χ2v) is 7.35. The van der Waals surface area contributed by atoms with Gasteiger partial charge in [0, 0.05) is 0 Å². The molecule has 34 heavy (non-hydrogen) atoms. The maximum atomic E-state index is 14.3. The van der Waals surface area contributed by atoms with Gasteiger partial charge in [-0.05, 0) is 75.8 Å². The van der Waals surface area contributed by atoms with E-state index in [0.717, 1.165) is 11.1 Å². The van der Waals surface area contributed by atoms with Gasteiger partial charge in [-0.25, -0.2) is 13.6 Å². The molecule has 0 aliphatic carbocycles. The molecular formula is C28H12F2N4. The topological polar surface area (TPSA) is 75.7 Å².